The first kappa shape index (κ1) is 16.6. The summed E-state index contributed by atoms with van der Waals surface area (Å²) in [5, 5.41) is 4.30. The van der Waals surface area contributed by atoms with E-state index in [2.05, 4.69) is 10.1 Å². The number of hydrogen-bond acceptors (Lipinski definition) is 5. The quantitative estimate of drug-likeness (QED) is 0.826. The standard InChI is InChI=1S/C16H20N4O3S/c1-3-14-13(10-18-20(14)15-6-4-5-8-17-15)16(21)19(2)12-7-9-24(22,23)11-12/h4-6,8,10,12H,3,7,9,11H2,1-2H3/t12-/m0/s1. The van der Waals surface area contributed by atoms with Gasteiger partial charge in [0.05, 0.1) is 29.0 Å². The third-order valence-corrected chi connectivity index (χ3v) is 6.13. The Morgan fingerprint density at radius 1 is 1.42 bits per heavy atom. The van der Waals surface area contributed by atoms with Gasteiger partial charge in [0.15, 0.2) is 15.7 Å². The van der Waals surface area contributed by atoms with Gasteiger partial charge in [-0.1, -0.05) is 13.0 Å². The topological polar surface area (TPSA) is 85.2 Å². The highest BCUT2D eigenvalue weighted by atomic mass is 32.2. The molecule has 3 rings (SSSR count). The van der Waals surface area contributed by atoms with E-state index >= 15 is 0 Å². The molecule has 1 aliphatic rings. The van der Waals surface area contributed by atoms with Crippen molar-refractivity contribution in [2.75, 3.05) is 18.6 Å². The highest BCUT2D eigenvalue weighted by Crippen LogP contribution is 2.21. The van der Waals surface area contributed by atoms with Gasteiger partial charge in [-0.15, -0.1) is 0 Å². The van der Waals surface area contributed by atoms with Gasteiger partial charge in [0.25, 0.3) is 5.91 Å². The van der Waals surface area contributed by atoms with Crippen LogP contribution in [0, 0.1) is 0 Å². The summed E-state index contributed by atoms with van der Waals surface area (Å²) >= 11 is 0. The summed E-state index contributed by atoms with van der Waals surface area (Å²) in [6.07, 6.45) is 4.32. The van der Waals surface area contributed by atoms with Crippen LogP contribution < -0.4 is 0 Å². The molecule has 7 nitrogen and oxygen atoms in total. The first-order valence-corrected chi connectivity index (χ1v) is 9.71. The summed E-state index contributed by atoms with van der Waals surface area (Å²) in [7, 11) is -1.38. The summed E-state index contributed by atoms with van der Waals surface area (Å²) in [6.45, 7) is 1.95. The van der Waals surface area contributed by atoms with Gasteiger partial charge in [-0.3, -0.25) is 4.79 Å². The molecule has 0 bridgehead atoms. The van der Waals surface area contributed by atoms with Crippen LogP contribution in [0.2, 0.25) is 0 Å². The van der Waals surface area contributed by atoms with Crippen LogP contribution in [0.5, 0.6) is 0 Å². The van der Waals surface area contributed by atoms with E-state index in [1.54, 1.807) is 17.9 Å². The minimum absolute atomic E-state index is 0.0328. The Balaban J connectivity index is 1.89. The smallest absolute Gasteiger partial charge is 0.257 e. The number of nitrogens with zero attached hydrogens (tertiary/aromatic N) is 4. The van der Waals surface area contributed by atoms with Crippen LogP contribution in [-0.4, -0.2) is 58.6 Å². The van der Waals surface area contributed by atoms with Crippen molar-refractivity contribution < 1.29 is 13.2 Å². The minimum Gasteiger partial charge on any atom is -0.338 e. The van der Waals surface area contributed by atoms with Gasteiger partial charge in [-0.05, 0) is 25.0 Å². The molecule has 1 atom stereocenters. The van der Waals surface area contributed by atoms with Gasteiger partial charge in [0.1, 0.15) is 0 Å². The van der Waals surface area contributed by atoms with Crippen molar-refractivity contribution >= 4 is 15.7 Å². The molecule has 1 fully saturated rings. The van der Waals surface area contributed by atoms with Gasteiger partial charge in [0, 0.05) is 19.3 Å². The van der Waals surface area contributed by atoms with Gasteiger partial charge in [-0.25, -0.2) is 18.1 Å². The predicted octanol–water partition coefficient (Wildman–Crippen LogP) is 1.09. The maximum absolute atomic E-state index is 12.8. The third kappa shape index (κ3) is 3.06. The van der Waals surface area contributed by atoms with Crippen LogP contribution in [0.4, 0.5) is 0 Å². The zero-order chi connectivity index (χ0) is 17.3. The van der Waals surface area contributed by atoms with Crippen LogP contribution in [-0.2, 0) is 16.3 Å². The summed E-state index contributed by atoms with van der Waals surface area (Å²) in [4.78, 5) is 18.6. The lowest BCUT2D eigenvalue weighted by molar-refractivity contribution is 0.0746. The Bertz CT molecular complexity index is 845. The molecule has 2 aromatic rings. The van der Waals surface area contributed by atoms with Crippen molar-refractivity contribution in [3.05, 3.63) is 41.9 Å². The first-order valence-electron chi connectivity index (χ1n) is 7.89. The molecular formula is C16H20N4O3S. The molecule has 8 heteroatoms. The Morgan fingerprint density at radius 3 is 2.79 bits per heavy atom. The number of hydrogen-bond donors (Lipinski definition) is 0. The number of amides is 1. The molecule has 0 saturated carbocycles. The number of rotatable bonds is 4. The van der Waals surface area contributed by atoms with Crippen LogP contribution in [0.25, 0.3) is 5.82 Å². The van der Waals surface area contributed by atoms with E-state index in [1.807, 2.05) is 25.1 Å². The van der Waals surface area contributed by atoms with Crippen molar-refractivity contribution in [3.8, 4) is 5.82 Å². The van der Waals surface area contributed by atoms with E-state index in [-0.39, 0.29) is 23.5 Å². The Morgan fingerprint density at radius 2 is 2.21 bits per heavy atom. The number of pyridine rings is 1. The van der Waals surface area contributed by atoms with Crippen molar-refractivity contribution in [1.29, 1.82) is 0 Å². The lowest BCUT2D eigenvalue weighted by Crippen LogP contribution is -2.38. The molecule has 3 heterocycles. The van der Waals surface area contributed by atoms with E-state index in [9.17, 15) is 13.2 Å². The predicted molar refractivity (Wildman–Crippen MR) is 89.9 cm³/mol. The first-order chi connectivity index (χ1) is 11.4. The Labute approximate surface area is 141 Å². The molecule has 0 spiro atoms. The van der Waals surface area contributed by atoms with Crippen molar-refractivity contribution in [2.45, 2.75) is 25.8 Å². The zero-order valence-electron chi connectivity index (χ0n) is 13.7. The molecule has 1 saturated heterocycles. The van der Waals surface area contributed by atoms with Crippen LogP contribution in [0.15, 0.2) is 30.6 Å². The van der Waals surface area contributed by atoms with Crippen molar-refractivity contribution in [2.24, 2.45) is 0 Å². The SMILES string of the molecule is CCc1c(C(=O)N(C)[C@H]2CCS(=O)(=O)C2)cnn1-c1ccccn1. The van der Waals surface area contributed by atoms with Crippen molar-refractivity contribution in [3.63, 3.8) is 0 Å². The molecule has 0 aliphatic carbocycles. The van der Waals surface area contributed by atoms with E-state index in [0.717, 1.165) is 5.69 Å². The van der Waals surface area contributed by atoms with E-state index in [0.29, 0.717) is 24.2 Å². The molecule has 0 unspecified atom stereocenters. The van der Waals surface area contributed by atoms with Crippen molar-refractivity contribution in [1.82, 2.24) is 19.7 Å². The molecule has 128 valence electrons. The molecule has 0 aromatic carbocycles. The lowest BCUT2D eigenvalue weighted by Gasteiger charge is -2.23. The lowest BCUT2D eigenvalue weighted by atomic mass is 10.1. The number of aromatic nitrogens is 3. The van der Waals surface area contributed by atoms with Crippen LogP contribution in [0.3, 0.4) is 0 Å². The summed E-state index contributed by atoms with van der Waals surface area (Å²) in [6, 6.07) is 5.23. The third-order valence-electron chi connectivity index (χ3n) is 4.38. The van der Waals surface area contributed by atoms with Crippen LogP contribution in [0.1, 0.15) is 29.4 Å². The van der Waals surface area contributed by atoms with Gasteiger partial charge in [0.2, 0.25) is 0 Å². The van der Waals surface area contributed by atoms with Gasteiger partial charge in [-0.2, -0.15) is 5.10 Å². The number of sulfone groups is 1. The fourth-order valence-corrected chi connectivity index (χ4v) is 4.78. The number of carbonyl (C=O) groups excluding carboxylic acids is 1. The maximum atomic E-state index is 12.8. The minimum atomic E-state index is -3.03. The highest BCUT2D eigenvalue weighted by Gasteiger charge is 2.34. The van der Waals surface area contributed by atoms with Gasteiger partial charge >= 0.3 is 0 Å². The second-order valence-electron chi connectivity index (χ2n) is 5.93. The highest BCUT2D eigenvalue weighted by molar-refractivity contribution is 7.91. The zero-order valence-corrected chi connectivity index (χ0v) is 14.5. The normalized spacial score (nSPS) is 19.3. The van der Waals surface area contributed by atoms with E-state index in [1.165, 1.54) is 11.1 Å². The largest absolute Gasteiger partial charge is 0.338 e. The molecule has 0 radical (unpaired) electrons. The summed E-state index contributed by atoms with van der Waals surface area (Å²) < 4.78 is 25.0. The molecule has 2 aromatic heterocycles. The second-order valence-corrected chi connectivity index (χ2v) is 8.16. The summed E-state index contributed by atoms with van der Waals surface area (Å²) in [5.41, 5.74) is 1.27. The number of carbonyl (C=O) groups is 1. The van der Waals surface area contributed by atoms with E-state index in [4.69, 9.17) is 0 Å². The fourth-order valence-electron chi connectivity index (χ4n) is 3.01. The van der Waals surface area contributed by atoms with E-state index < -0.39 is 9.84 Å². The molecule has 1 amide bonds. The molecule has 24 heavy (non-hydrogen) atoms. The maximum Gasteiger partial charge on any atom is 0.257 e. The fraction of sp³-hybridized carbons (Fsp3) is 0.438. The monoisotopic (exact) mass is 348 g/mol. The average molecular weight is 348 g/mol. The van der Waals surface area contributed by atoms with Gasteiger partial charge < -0.3 is 4.90 Å². The molecule has 0 N–H and O–H groups in total. The summed E-state index contributed by atoms with van der Waals surface area (Å²) in [5.74, 6) is 0.629. The second kappa shape index (κ2) is 6.35. The average Bonchev–Trinajstić information content (AvgIpc) is 3.17. The Hall–Kier alpha value is -2.22. The van der Waals surface area contributed by atoms with Crippen LogP contribution >= 0.6 is 0 Å². The molecule has 1 aliphatic heterocycles. The Kier molecular flexibility index (Phi) is 4.40. The molecular weight excluding hydrogens is 328 g/mol.